The molecule has 0 amide bonds. The second-order valence-electron chi connectivity index (χ2n) is 8.48. The summed E-state index contributed by atoms with van der Waals surface area (Å²) in [5, 5.41) is 1.40. The third-order valence-electron chi connectivity index (χ3n) is 6.64. The van der Waals surface area contributed by atoms with Gasteiger partial charge in [-0.2, -0.15) is 0 Å². The quantitative estimate of drug-likeness (QED) is 0.658. The number of aryl methyl sites for hydroxylation is 2. The Hall–Kier alpha value is -2.26. The SMILES string of the molecule is c1ccc2c(CC3CCN(CCOc4ccc5c(c4)CCC5)CC3)c[nH]c2c1. The van der Waals surface area contributed by atoms with Gasteiger partial charge >= 0.3 is 0 Å². The van der Waals surface area contributed by atoms with Gasteiger partial charge in [-0.05, 0) is 92.4 Å². The molecule has 28 heavy (non-hydrogen) atoms. The van der Waals surface area contributed by atoms with Crippen molar-refractivity contribution >= 4 is 10.9 Å². The summed E-state index contributed by atoms with van der Waals surface area (Å²) >= 11 is 0. The highest BCUT2D eigenvalue weighted by Gasteiger charge is 2.20. The van der Waals surface area contributed by atoms with Gasteiger partial charge in [0.1, 0.15) is 12.4 Å². The largest absolute Gasteiger partial charge is 0.492 e. The minimum absolute atomic E-state index is 0.798. The van der Waals surface area contributed by atoms with Gasteiger partial charge < -0.3 is 9.72 Å². The van der Waals surface area contributed by atoms with Crippen LogP contribution in [0.4, 0.5) is 0 Å². The average molecular weight is 375 g/mol. The Morgan fingerprint density at radius 1 is 1.00 bits per heavy atom. The van der Waals surface area contributed by atoms with Crippen molar-refractivity contribution in [3.05, 3.63) is 65.4 Å². The molecule has 2 aliphatic rings. The van der Waals surface area contributed by atoms with E-state index in [4.69, 9.17) is 4.74 Å². The predicted octanol–water partition coefficient (Wildman–Crippen LogP) is 4.99. The lowest BCUT2D eigenvalue weighted by Crippen LogP contribution is -2.37. The third kappa shape index (κ3) is 3.81. The van der Waals surface area contributed by atoms with E-state index in [-0.39, 0.29) is 0 Å². The van der Waals surface area contributed by atoms with Crippen LogP contribution in [0.5, 0.6) is 5.75 Å². The third-order valence-corrected chi connectivity index (χ3v) is 6.64. The molecule has 1 saturated heterocycles. The van der Waals surface area contributed by atoms with Gasteiger partial charge in [-0.1, -0.05) is 24.3 Å². The minimum Gasteiger partial charge on any atom is -0.492 e. The van der Waals surface area contributed by atoms with Crippen LogP contribution in [0.25, 0.3) is 10.9 Å². The highest BCUT2D eigenvalue weighted by atomic mass is 16.5. The molecule has 0 atom stereocenters. The maximum absolute atomic E-state index is 6.05. The molecule has 1 aliphatic carbocycles. The van der Waals surface area contributed by atoms with Gasteiger partial charge in [0.05, 0.1) is 0 Å². The minimum atomic E-state index is 0.798. The van der Waals surface area contributed by atoms with Gasteiger partial charge in [0.25, 0.3) is 0 Å². The van der Waals surface area contributed by atoms with Crippen LogP contribution in [-0.2, 0) is 19.3 Å². The van der Waals surface area contributed by atoms with Crippen LogP contribution in [0, 0.1) is 5.92 Å². The number of para-hydroxylation sites is 1. The van der Waals surface area contributed by atoms with E-state index in [1.54, 1.807) is 0 Å². The molecule has 2 aromatic carbocycles. The Morgan fingerprint density at radius 2 is 1.86 bits per heavy atom. The molecule has 3 aromatic rings. The molecule has 1 N–H and O–H groups in total. The first-order chi connectivity index (χ1) is 13.8. The number of piperidine rings is 1. The van der Waals surface area contributed by atoms with E-state index in [1.165, 1.54) is 79.2 Å². The van der Waals surface area contributed by atoms with Crippen LogP contribution in [0.15, 0.2) is 48.7 Å². The number of fused-ring (bicyclic) bond motifs is 2. The number of H-pyrrole nitrogens is 1. The fourth-order valence-corrected chi connectivity index (χ4v) is 4.96. The number of likely N-dealkylation sites (tertiary alicyclic amines) is 1. The Kier molecular flexibility index (Phi) is 5.09. The number of hydrogen-bond donors (Lipinski definition) is 1. The standard InChI is InChI=1S/C25H30N2O/c1-2-7-25-24(6-1)22(18-26-25)16-19-10-12-27(13-11-19)14-15-28-23-9-8-20-4-3-5-21(20)17-23/h1-2,6-9,17-19,26H,3-5,10-16H2. The van der Waals surface area contributed by atoms with E-state index in [2.05, 4.69) is 58.5 Å². The van der Waals surface area contributed by atoms with Gasteiger partial charge in [0.2, 0.25) is 0 Å². The number of aromatic nitrogens is 1. The van der Waals surface area contributed by atoms with Gasteiger partial charge in [-0.15, -0.1) is 0 Å². The molecule has 146 valence electrons. The zero-order chi connectivity index (χ0) is 18.8. The summed E-state index contributed by atoms with van der Waals surface area (Å²) in [6.45, 7) is 4.23. The Labute approximate surface area is 167 Å². The lowest BCUT2D eigenvalue weighted by atomic mass is 9.90. The van der Waals surface area contributed by atoms with E-state index in [0.717, 1.165) is 24.8 Å². The van der Waals surface area contributed by atoms with E-state index in [1.807, 2.05) is 0 Å². The molecule has 1 aromatic heterocycles. The van der Waals surface area contributed by atoms with E-state index in [9.17, 15) is 0 Å². The number of benzene rings is 2. The highest BCUT2D eigenvalue weighted by molar-refractivity contribution is 5.83. The summed E-state index contributed by atoms with van der Waals surface area (Å²) in [7, 11) is 0. The van der Waals surface area contributed by atoms with Crippen LogP contribution in [-0.4, -0.2) is 36.1 Å². The molecule has 3 nitrogen and oxygen atoms in total. The number of rotatable bonds is 6. The lowest BCUT2D eigenvalue weighted by Gasteiger charge is -2.31. The number of nitrogens with one attached hydrogen (secondary N) is 1. The van der Waals surface area contributed by atoms with Crippen molar-refractivity contribution < 1.29 is 4.74 Å². The Morgan fingerprint density at radius 3 is 2.79 bits per heavy atom. The molecule has 5 rings (SSSR count). The zero-order valence-electron chi connectivity index (χ0n) is 16.6. The molecule has 2 heterocycles. The summed E-state index contributed by atoms with van der Waals surface area (Å²) in [6, 6.07) is 15.3. The second kappa shape index (κ2) is 8.00. The van der Waals surface area contributed by atoms with E-state index in [0.29, 0.717) is 0 Å². The maximum Gasteiger partial charge on any atom is 0.119 e. The molecule has 0 radical (unpaired) electrons. The first-order valence-electron chi connectivity index (χ1n) is 10.9. The van der Waals surface area contributed by atoms with Crippen molar-refractivity contribution in [1.82, 2.24) is 9.88 Å². The highest BCUT2D eigenvalue weighted by Crippen LogP contribution is 2.27. The fraction of sp³-hybridized carbons (Fsp3) is 0.440. The van der Waals surface area contributed by atoms with Crippen molar-refractivity contribution in [3.63, 3.8) is 0 Å². The smallest absolute Gasteiger partial charge is 0.119 e. The molecule has 0 unspecified atom stereocenters. The molecule has 0 bridgehead atoms. The van der Waals surface area contributed by atoms with E-state index >= 15 is 0 Å². The molecular formula is C25H30N2O. The number of aromatic amines is 1. The van der Waals surface area contributed by atoms with Crippen molar-refractivity contribution in [2.75, 3.05) is 26.2 Å². The topological polar surface area (TPSA) is 28.3 Å². The van der Waals surface area contributed by atoms with Crippen LogP contribution in [0.3, 0.4) is 0 Å². The first-order valence-corrected chi connectivity index (χ1v) is 10.9. The Balaban J connectivity index is 1.08. The summed E-state index contributed by atoms with van der Waals surface area (Å²) < 4.78 is 6.05. The average Bonchev–Trinajstić information content (AvgIpc) is 3.36. The summed E-state index contributed by atoms with van der Waals surface area (Å²) in [4.78, 5) is 5.99. The van der Waals surface area contributed by atoms with Gasteiger partial charge in [0.15, 0.2) is 0 Å². The molecule has 0 saturated carbocycles. The second-order valence-corrected chi connectivity index (χ2v) is 8.48. The Bertz CT molecular complexity index is 937. The number of nitrogens with zero attached hydrogens (tertiary/aromatic N) is 1. The van der Waals surface area contributed by atoms with Crippen LogP contribution < -0.4 is 4.74 Å². The molecule has 0 spiro atoms. The maximum atomic E-state index is 6.05. The predicted molar refractivity (Wildman–Crippen MR) is 115 cm³/mol. The summed E-state index contributed by atoms with van der Waals surface area (Å²) in [5.74, 6) is 1.85. The zero-order valence-corrected chi connectivity index (χ0v) is 16.6. The van der Waals surface area contributed by atoms with Crippen molar-refractivity contribution in [2.45, 2.75) is 38.5 Å². The molecular weight excluding hydrogens is 344 g/mol. The summed E-state index contributed by atoms with van der Waals surface area (Å²) in [6.07, 6.45) is 9.74. The number of hydrogen-bond acceptors (Lipinski definition) is 2. The van der Waals surface area contributed by atoms with Gasteiger partial charge in [-0.25, -0.2) is 0 Å². The van der Waals surface area contributed by atoms with Crippen molar-refractivity contribution in [3.8, 4) is 5.75 Å². The molecule has 1 aliphatic heterocycles. The van der Waals surface area contributed by atoms with Gasteiger partial charge in [-0.3, -0.25) is 4.90 Å². The van der Waals surface area contributed by atoms with Crippen LogP contribution in [0.1, 0.15) is 36.0 Å². The van der Waals surface area contributed by atoms with E-state index < -0.39 is 0 Å². The van der Waals surface area contributed by atoms with Gasteiger partial charge in [0, 0.05) is 23.6 Å². The van der Waals surface area contributed by atoms with Crippen LogP contribution >= 0.6 is 0 Å². The monoisotopic (exact) mass is 374 g/mol. The molecule has 3 heteroatoms. The fourth-order valence-electron chi connectivity index (χ4n) is 4.96. The van der Waals surface area contributed by atoms with Crippen molar-refractivity contribution in [2.24, 2.45) is 5.92 Å². The summed E-state index contributed by atoms with van der Waals surface area (Å²) in [5.41, 5.74) is 5.76. The lowest BCUT2D eigenvalue weighted by molar-refractivity contribution is 0.155. The normalized spacial score (nSPS) is 17.9. The first kappa shape index (κ1) is 17.8. The molecule has 1 fully saturated rings. The van der Waals surface area contributed by atoms with Crippen LogP contribution in [0.2, 0.25) is 0 Å². The van der Waals surface area contributed by atoms with Crippen molar-refractivity contribution in [1.29, 1.82) is 0 Å². The number of ether oxygens (including phenoxy) is 1.